The van der Waals surface area contributed by atoms with Gasteiger partial charge in [0, 0.05) is 19.0 Å². The van der Waals surface area contributed by atoms with Crippen molar-refractivity contribution in [1.82, 2.24) is 10.4 Å². The molecule has 2 rings (SSSR count). The second-order valence-corrected chi connectivity index (χ2v) is 2.73. The SMILES string of the molecule is O=C1C[C@H]2CCCN2N1. The highest BCUT2D eigenvalue weighted by atomic mass is 16.2. The van der Waals surface area contributed by atoms with Gasteiger partial charge >= 0.3 is 0 Å². The molecule has 50 valence electrons. The summed E-state index contributed by atoms with van der Waals surface area (Å²) in [6, 6.07) is 0.525. The molecule has 1 amide bonds. The lowest BCUT2D eigenvalue weighted by Crippen LogP contribution is -2.33. The summed E-state index contributed by atoms with van der Waals surface area (Å²) in [5, 5.41) is 2.06. The third-order valence-corrected chi connectivity index (χ3v) is 2.07. The van der Waals surface area contributed by atoms with Gasteiger partial charge in [-0.15, -0.1) is 0 Å². The molecule has 0 unspecified atom stereocenters. The van der Waals surface area contributed by atoms with Gasteiger partial charge in [0.15, 0.2) is 0 Å². The Bertz CT molecular complexity index is 132. The van der Waals surface area contributed by atoms with Crippen LogP contribution in [0, 0.1) is 0 Å². The molecule has 2 saturated heterocycles. The number of amides is 1. The molecule has 1 atom stereocenters. The van der Waals surface area contributed by atoms with Gasteiger partial charge in [-0.2, -0.15) is 0 Å². The van der Waals surface area contributed by atoms with E-state index < -0.39 is 0 Å². The predicted octanol–water partition coefficient (Wildman–Crippen LogP) is -0.114. The van der Waals surface area contributed by atoms with Gasteiger partial charge in [-0.1, -0.05) is 0 Å². The monoisotopic (exact) mass is 126 g/mol. The number of hydrogen-bond acceptors (Lipinski definition) is 2. The van der Waals surface area contributed by atoms with E-state index in [4.69, 9.17) is 0 Å². The van der Waals surface area contributed by atoms with E-state index in [2.05, 4.69) is 10.4 Å². The van der Waals surface area contributed by atoms with Gasteiger partial charge in [-0.3, -0.25) is 10.2 Å². The van der Waals surface area contributed by atoms with Crippen molar-refractivity contribution >= 4 is 5.91 Å². The minimum absolute atomic E-state index is 0.194. The molecule has 3 heteroatoms. The van der Waals surface area contributed by atoms with Crippen LogP contribution in [-0.2, 0) is 4.79 Å². The van der Waals surface area contributed by atoms with Crippen molar-refractivity contribution < 1.29 is 4.79 Å². The van der Waals surface area contributed by atoms with E-state index >= 15 is 0 Å². The average molecular weight is 126 g/mol. The van der Waals surface area contributed by atoms with E-state index in [-0.39, 0.29) is 5.91 Å². The number of nitrogens with zero attached hydrogens (tertiary/aromatic N) is 1. The molecule has 2 heterocycles. The fourth-order valence-corrected chi connectivity index (χ4v) is 1.61. The minimum Gasteiger partial charge on any atom is -0.289 e. The maximum atomic E-state index is 10.7. The lowest BCUT2D eigenvalue weighted by atomic mass is 10.2. The molecule has 0 saturated carbocycles. The van der Waals surface area contributed by atoms with Crippen LogP contribution < -0.4 is 5.43 Å². The Labute approximate surface area is 54.0 Å². The number of carbonyl (C=O) groups is 1. The molecule has 2 fully saturated rings. The summed E-state index contributed by atoms with van der Waals surface area (Å²) in [4.78, 5) is 10.7. The lowest BCUT2D eigenvalue weighted by molar-refractivity contribution is -0.121. The summed E-state index contributed by atoms with van der Waals surface area (Å²) in [5.74, 6) is 0.194. The van der Waals surface area contributed by atoms with Gasteiger partial charge in [-0.05, 0) is 12.8 Å². The van der Waals surface area contributed by atoms with Crippen LogP contribution in [0.15, 0.2) is 0 Å². The van der Waals surface area contributed by atoms with Crippen molar-refractivity contribution in [2.24, 2.45) is 0 Å². The number of nitrogens with one attached hydrogen (secondary N) is 1. The second-order valence-electron chi connectivity index (χ2n) is 2.73. The maximum Gasteiger partial charge on any atom is 0.235 e. The van der Waals surface area contributed by atoms with Crippen LogP contribution in [0.3, 0.4) is 0 Å². The molecular formula is C6H10N2O. The largest absolute Gasteiger partial charge is 0.289 e. The summed E-state index contributed by atoms with van der Waals surface area (Å²) >= 11 is 0. The molecule has 2 aliphatic rings. The molecule has 0 aromatic carbocycles. The van der Waals surface area contributed by atoms with E-state index in [0.717, 1.165) is 13.0 Å². The topological polar surface area (TPSA) is 32.3 Å². The summed E-state index contributed by atoms with van der Waals surface area (Å²) in [7, 11) is 0. The van der Waals surface area contributed by atoms with Gasteiger partial charge in [0.1, 0.15) is 0 Å². The normalized spacial score (nSPS) is 34.7. The van der Waals surface area contributed by atoms with Gasteiger partial charge in [0.25, 0.3) is 0 Å². The number of carbonyl (C=O) groups excluding carboxylic acids is 1. The third kappa shape index (κ3) is 0.721. The van der Waals surface area contributed by atoms with E-state index in [1.54, 1.807) is 0 Å². The highest BCUT2D eigenvalue weighted by molar-refractivity contribution is 5.78. The van der Waals surface area contributed by atoms with Crippen LogP contribution >= 0.6 is 0 Å². The molecule has 0 bridgehead atoms. The van der Waals surface area contributed by atoms with Crippen LogP contribution in [-0.4, -0.2) is 23.5 Å². The third-order valence-electron chi connectivity index (χ3n) is 2.07. The van der Waals surface area contributed by atoms with Crippen LogP contribution in [0.25, 0.3) is 0 Å². The zero-order valence-corrected chi connectivity index (χ0v) is 5.26. The smallest absolute Gasteiger partial charge is 0.235 e. The molecule has 0 radical (unpaired) electrons. The summed E-state index contributed by atoms with van der Waals surface area (Å²) in [6.45, 7) is 1.05. The van der Waals surface area contributed by atoms with Crippen LogP contribution in [0.5, 0.6) is 0 Å². The molecule has 0 aliphatic carbocycles. The van der Waals surface area contributed by atoms with E-state index in [0.29, 0.717) is 6.04 Å². The van der Waals surface area contributed by atoms with Crippen molar-refractivity contribution in [3.8, 4) is 0 Å². The Balaban J connectivity index is 2.09. The fourth-order valence-electron chi connectivity index (χ4n) is 1.61. The van der Waals surface area contributed by atoms with Crippen molar-refractivity contribution in [1.29, 1.82) is 0 Å². The van der Waals surface area contributed by atoms with E-state index in [1.165, 1.54) is 12.8 Å². The number of rotatable bonds is 0. The minimum atomic E-state index is 0.194. The molecule has 1 N–H and O–H groups in total. The molecule has 0 aromatic rings. The molecule has 0 aromatic heterocycles. The Morgan fingerprint density at radius 2 is 2.56 bits per heavy atom. The number of hydrazine groups is 1. The van der Waals surface area contributed by atoms with Crippen molar-refractivity contribution in [2.45, 2.75) is 25.3 Å². The Hall–Kier alpha value is -0.570. The molecule has 9 heavy (non-hydrogen) atoms. The predicted molar refractivity (Wildman–Crippen MR) is 32.5 cm³/mol. The quantitative estimate of drug-likeness (QED) is 0.491. The van der Waals surface area contributed by atoms with Crippen LogP contribution in [0.4, 0.5) is 0 Å². The van der Waals surface area contributed by atoms with Crippen LogP contribution in [0.1, 0.15) is 19.3 Å². The van der Waals surface area contributed by atoms with Gasteiger partial charge in [-0.25, -0.2) is 5.01 Å². The van der Waals surface area contributed by atoms with Crippen molar-refractivity contribution in [3.63, 3.8) is 0 Å². The van der Waals surface area contributed by atoms with Crippen molar-refractivity contribution in [3.05, 3.63) is 0 Å². The number of hydrogen-bond donors (Lipinski definition) is 1. The first-order valence-corrected chi connectivity index (χ1v) is 3.42. The van der Waals surface area contributed by atoms with Gasteiger partial charge in [0.2, 0.25) is 5.91 Å². The first kappa shape index (κ1) is 5.23. The van der Waals surface area contributed by atoms with Gasteiger partial charge < -0.3 is 0 Å². The maximum absolute atomic E-state index is 10.7. The lowest BCUT2D eigenvalue weighted by Gasteiger charge is -2.11. The zero-order valence-electron chi connectivity index (χ0n) is 5.26. The molecular weight excluding hydrogens is 116 g/mol. The molecule has 0 spiro atoms. The zero-order chi connectivity index (χ0) is 6.27. The molecule has 2 aliphatic heterocycles. The molecule has 3 nitrogen and oxygen atoms in total. The van der Waals surface area contributed by atoms with Crippen LogP contribution in [0.2, 0.25) is 0 Å². The first-order valence-electron chi connectivity index (χ1n) is 3.42. The van der Waals surface area contributed by atoms with E-state index in [9.17, 15) is 4.79 Å². The second kappa shape index (κ2) is 1.70. The summed E-state index contributed by atoms with van der Waals surface area (Å²) < 4.78 is 0. The first-order chi connectivity index (χ1) is 4.36. The van der Waals surface area contributed by atoms with Gasteiger partial charge in [0.05, 0.1) is 0 Å². The Morgan fingerprint density at radius 1 is 1.67 bits per heavy atom. The standard InChI is InChI=1S/C6H10N2O/c9-6-4-5-2-1-3-8(5)7-6/h5H,1-4H2,(H,7,9)/t5-/m1/s1. The van der Waals surface area contributed by atoms with E-state index in [1.807, 2.05) is 0 Å². The fraction of sp³-hybridized carbons (Fsp3) is 0.833. The summed E-state index contributed by atoms with van der Waals surface area (Å²) in [6.07, 6.45) is 3.16. The Morgan fingerprint density at radius 3 is 3.33 bits per heavy atom. The highest BCUT2D eigenvalue weighted by Gasteiger charge is 2.33. The summed E-state index contributed by atoms with van der Waals surface area (Å²) in [5.41, 5.74) is 2.81. The Kier molecular flexibility index (Phi) is 0.990. The average Bonchev–Trinajstić information content (AvgIpc) is 2.22. The highest BCUT2D eigenvalue weighted by Crippen LogP contribution is 2.21. The number of fused-ring (bicyclic) bond motifs is 1. The van der Waals surface area contributed by atoms with Crippen molar-refractivity contribution in [2.75, 3.05) is 6.54 Å².